The number of amides is 4. The summed E-state index contributed by atoms with van der Waals surface area (Å²) in [5.41, 5.74) is -0.513. The van der Waals surface area contributed by atoms with Crippen LogP contribution in [0, 0.1) is 11.3 Å². The lowest BCUT2D eigenvalue weighted by Crippen LogP contribution is -2.51. The van der Waals surface area contributed by atoms with E-state index in [-0.39, 0.29) is 23.8 Å². The standard InChI is InChI=1S/C19H31N3O3/c1-4-18(2,3)14-7-9-19(10-8-14)16(24)22(17(25)20-19)13-15(23)21-11-5-6-12-21/h14H,4-13H2,1-3H3,(H,20,25). The fraction of sp³-hybridized carbons (Fsp3) is 0.842. The Hall–Kier alpha value is -1.59. The van der Waals surface area contributed by atoms with Gasteiger partial charge in [0.1, 0.15) is 12.1 Å². The molecular formula is C19H31N3O3. The number of imide groups is 1. The zero-order valence-corrected chi connectivity index (χ0v) is 15.8. The van der Waals surface area contributed by atoms with Gasteiger partial charge in [0.05, 0.1) is 0 Å². The van der Waals surface area contributed by atoms with Crippen LogP contribution >= 0.6 is 0 Å². The topological polar surface area (TPSA) is 69.7 Å². The highest BCUT2D eigenvalue weighted by Gasteiger charge is 2.53. The van der Waals surface area contributed by atoms with E-state index in [0.717, 1.165) is 50.1 Å². The molecule has 0 atom stereocenters. The van der Waals surface area contributed by atoms with Crippen LogP contribution in [0.3, 0.4) is 0 Å². The Morgan fingerprint density at radius 2 is 1.80 bits per heavy atom. The molecule has 1 spiro atoms. The van der Waals surface area contributed by atoms with Crippen LogP contribution in [0.25, 0.3) is 0 Å². The van der Waals surface area contributed by atoms with Crippen LogP contribution in [0.2, 0.25) is 0 Å². The van der Waals surface area contributed by atoms with Gasteiger partial charge in [-0.05, 0) is 49.9 Å². The van der Waals surface area contributed by atoms with E-state index < -0.39 is 11.6 Å². The molecule has 2 saturated heterocycles. The van der Waals surface area contributed by atoms with Crippen molar-refractivity contribution >= 4 is 17.8 Å². The first-order valence-corrected chi connectivity index (χ1v) is 9.71. The third-order valence-electron chi connectivity index (χ3n) is 6.85. The number of hydrogen-bond acceptors (Lipinski definition) is 3. The number of nitrogens with zero attached hydrogens (tertiary/aromatic N) is 2. The van der Waals surface area contributed by atoms with Crippen LogP contribution in [0.15, 0.2) is 0 Å². The van der Waals surface area contributed by atoms with Gasteiger partial charge in [-0.25, -0.2) is 4.79 Å². The Bertz CT molecular complexity index is 558. The highest BCUT2D eigenvalue weighted by atomic mass is 16.2. The largest absolute Gasteiger partial charge is 0.341 e. The second-order valence-electron chi connectivity index (χ2n) is 8.61. The van der Waals surface area contributed by atoms with Gasteiger partial charge in [0.2, 0.25) is 5.91 Å². The maximum Gasteiger partial charge on any atom is 0.325 e. The summed E-state index contributed by atoms with van der Waals surface area (Å²) < 4.78 is 0. The van der Waals surface area contributed by atoms with Gasteiger partial charge in [-0.3, -0.25) is 14.5 Å². The smallest absolute Gasteiger partial charge is 0.325 e. The van der Waals surface area contributed by atoms with Gasteiger partial charge in [-0.1, -0.05) is 27.2 Å². The molecule has 0 aromatic carbocycles. The molecule has 2 aliphatic heterocycles. The molecule has 25 heavy (non-hydrogen) atoms. The van der Waals surface area contributed by atoms with Crippen LogP contribution < -0.4 is 5.32 Å². The number of carbonyl (C=O) groups is 3. The highest BCUT2D eigenvalue weighted by molar-refractivity contribution is 6.09. The summed E-state index contributed by atoms with van der Waals surface area (Å²) >= 11 is 0. The number of nitrogens with one attached hydrogen (secondary N) is 1. The molecule has 1 N–H and O–H groups in total. The summed E-state index contributed by atoms with van der Waals surface area (Å²) in [6, 6.07) is -0.397. The lowest BCUT2D eigenvalue weighted by molar-refractivity contribution is -0.139. The molecule has 6 nitrogen and oxygen atoms in total. The molecule has 1 saturated carbocycles. The molecule has 0 unspecified atom stereocenters. The van der Waals surface area contributed by atoms with Crippen molar-refractivity contribution in [3.8, 4) is 0 Å². The zero-order valence-electron chi connectivity index (χ0n) is 15.8. The van der Waals surface area contributed by atoms with E-state index >= 15 is 0 Å². The molecule has 0 aromatic heterocycles. The number of likely N-dealkylation sites (tertiary alicyclic amines) is 1. The van der Waals surface area contributed by atoms with E-state index in [1.54, 1.807) is 4.90 Å². The van der Waals surface area contributed by atoms with Gasteiger partial charge in [0.15, 0.2) is 0 Å². The average Bonchev–Trinajstić information content (AvgIpc) is 3.19. The Balaban J connectivity index is 1.64. The minimum atomic E-state index is -0.775. The molecule has 3 aliphatic rings. The Morgan fingerprint density at radius 3 is 2.36 bits per heavy atom. The van der Waals surface area contributed by atoms with Gasteiger partial charge in [-0.2, -0.15) is 0 Å². The number of urea groups is 1. The van der Waals surface area contributed by atoms with E-state index in [1.807, 2.05) is 0 Å². The van der Waals surface area contributed by atoms with Gasteiger partial charge < -0.3 is 10.2 Å². The molecule has 3 fully saturated rings. The third kappa shape index (κ3) is 3.27. The van der Waals surface area contributed by atoms with Crippen LogP contribution in [-0.2, 0) is 9.59 Å². The summed E-state index contributed by atoms with van der Waals surface area (Å²) in [5.74, 6) is 0.268. The molecule has 0 aromatic rings. The van der Waals surface area contributed by atoms with Crippen molar-refractivity contribution in [3.05, 3.63) is 0 Å². The third-order valence-corrected chi connectivity index (χ3v) is 6.85. The van der Waals surface area contributed by atoms with Crippen molar-refractivity contribution in [2.24, 2.45) is 11.3 Å². The monoisotopic (exact) mass is 349 g/mol. The van der Waals surface area contributed by atoms with Gasteiger partial charge in [-0.15, -0.1) is 0 Å². The summed E-state index contributed by atoms with van der Waals surface area (Å²) in [6.45, 7) is 8.13. The Kier molecular flexibility index (Phi) is 4.82. The van der Waals surface area contributed by atoms with Crippen molar-refractivity contribution in [1.29, 1.82) is 0 Å². The van der Waals surface area contributed by atoms with Crippen molar-refractivity contribution < 1.29 is 14.4 Å². The van der Waals surface area contributed by atoms with E-state index in [0.29, 0.717) is 18.8 Å². The first kappa shape index (κ1) is 18.2. The van der Waals surface area contributed by atoms with E-state index in [2.05, 4.69) is 26.1 Å². The van der Waals surface area contributed by atoms with Crippen molar-refractivity contribution in [2.45, 2.75) is 71.3 Å². The average molecular weight is 349 g/mol. The lowest BCUT2D eigenvalue weighted by Gasteiger charge is -2.42. The van der Waals surface area contributed by atoms with Crippen LogP contribution in [-0.4, -0.2) is 52.8 Å². The van der Waals surface area contributed by atoms with E-state index in [9.17, 15) is 14.4 Å². The van der Waals surface area contributed by atoms with Crippen molar-refractivity contribution in [2.75, 3.05) is 19.6 Å². The molecule has 6 heteroatoms. The van der Waals surface area contributed by atoms with Crippen LogP contribution in [0.5, 0.6) is 0 Å². The maximum absolute atomic E-state index is 12.9. The molecular weight excluding hydrogens is 318 g/mol. The quantitative estimate of drug-likeness (QED) is 0.793. The molecule has 2 heterocycles. The minimum Gasteiger partial charge on any atom is -0.341 e. The number of hydrogen-bond donors (Lipinski definition) is 1. The number of rotatable bonds is 4. The zero-order chi connectivity index (χ0) is 18.2. The molecule has 0 radical (unpaired) electrons. The Labute approximate surface area is 150 Å². The van der Waals surface area contributed by atoms with Gasteiger partial charge >= 0.3 is 6.03 Å². The van der Waals surface area contributed by atoms with E-state index in [1.165, 1.54) is 0 Å². The van der Waals surface area contributed by atoms with Crippen LogP contribution in [0.1, 0.15) is 65.7 Å². The first-order valence-electron chi connectivity index (χ1n) is 9.71. The highest BCUT2D eigenvalue weighted by Crippen LogP contribution is 2.45. The van der Waals surface area contributed by atoms with Gasteiger partial charge in [0.25, 0.3) is 5.91 Å². The normalized spacial score (nSPS) is 30.3. The predicted octanol–water partition coefficient (Wildman–Crippen LogP) is 2.53. The van der Waals surface area contributed by atoms with Crippen molar-refractivity contribution in [1.82, 2.24) is 15.1 Å². The fourth-order valence-corrected chi connectivity index (χ4v) is 4.54. The second kappa shape index (κ2) is 6.61. The summed E-state index contributed by atoms with van der Waals surface area (Å²) in [7, 11) is 0. The predicted molar refractivity (Wildman–Crippen MR) is 94.8 cm³/mol. The minimum absolute atomic E-state index is 0.112. The van der Waals surface area contributed by atoms with Crippen molar-refractivity contribution in [3.63, 3.8) is 0 Å². The van der Waals surface area contributed by atoms with E-state index in [4.69, 9.17) is 0 Å². The summed E-state index contributed by atoms with van der Waals surface area (Å²) in [5, 5.41) is 2.92. The lowest BCUT2D eigenvalue weighted by atomic mass is 9.65. The fourth-order valence-electron chi connectivity index (χ4n) is 4.54. The molecule has 3 rings (SSSR count). The molecule has 1 aliphatic carbocycles. The van der Waals surface area contributed by atoms with Gasteiger partial charge in [0, 0.05) is 13.1 Å². The Morgan fingerprint density at radius 1 is 1.20 bits per heavy atom. The summed E-state index contributed by atoms with van der Waals surface area (Å²) in [6.07, 6.45) is 6.37. The van der Waals surface area contributed by atoms with Crippen LogP contribution in [0.4, 0.5) is 4.79 Å². The maximum atomic E-state index is 12.9. The first-order chi connectivity index (χ1) is 11.8. The molecule has 140 valence electrons. The molecule has 0 bridgehead atoms. The molecule has 4 amide bonds. The number of carbonyl (C=O) groups excluding carboxylic acids is 3. The SMILES string of the molecule is CCC(C)(C)C1CCC2(CC1)NC(=O)N(CC(=O)N1CCCC1)C2=O. The summed E-state index contributed by atoms with van der Waals surface area (Å²) in [4.78, 5) is 40.5. The second-order valence-corrected chi connectivity index (χ2v) is 8.61.